The molecule has 6 heteroatoms. The lowest BCUT2D eigenvalue weighted by molar-refractivity contribution is -0.121. The van der Waals surface area contributed by atoms with Gasteiger partial charge in [-0.3, -0.25) is 4.79 Å². The van der Waals surface area contributed by atoms with Crippen molar-refractivity contribution in [2.45, 2.75) is 69.9 Å². The molecule has 1 N–H and O–H groups in total. The van der Waals surface area contributed by atoms with Gasteiger partial charge in [0.1, 0.15) is 12.2 Å². The molecule has 1 aromatic carbocycles. The van der Waals surface area contributed by atoms with E-state index in [0.29, 0.717) is 23.8 Å². The van der Waals surface area contributed by atoms with Gasteiger partial charge in [-0.25, -0.2) is 4.79 Å². The van der Waals surface area contributed by atoms with Crippen LogP contribution in [-0.2, 0) is 20.7 Å². The van der Waals surface area contributed by atoms with Crippen molar-refractivity contribution in [3.8, 4) is 0 Å². The third-order valence-corrected chi connectivity index (χ3v) is 7.46. The quantitative estimate of drug-likeness (QED) is 0.643. The summed E-state index contributed by atoms with van der Waals surface area (Å²) in [6.45, 7) is 1.92. The Balaban J connectivity index is 1.22. The Morgan fingerprint density at radius 1 is 1.03 bits per heavy atom. The molecule has 3 aliphatic rings. The number of fused-ring (bicyclic) bond motifs is 1. The molecule has 1 saturated carbocycles. The zero-order chi connectivity index (χ0) is 21.9. The van der Waals surface area contributed by atoms with Crippen LogP contribution in [0.4, 0.5) is 0 Å². The summed E-state index contributed by atoms with van der Waals surface area (Å²) in [5, 5.41) is 4.30. The lowest BCUT2D eigenvalue weighted by Gasteiger charge is -2.30. The van der Waals surface area contributed by atoms with Gasteiger partial charge in [-0.05, 0) is 61.4 Å². The van der Waals surface area contributed by atoms with Gasteiger partial charge in [-0.15, -0.1) is 0 Å². The molecule has 0 unspecified atom stereocenters. The number of ketones is 1. The minimum atomic E-state index is -0.472. The molecular formula is C26H33NO5. The van der Waals surface area contributed by atoms with Gasteiger partial charge >= 0.3 is 5.97 Å². The minimum Gasteiger partial charge on any atom is -0.457 e. The average molecular weight is 440 g/mol. The first-order chi connectivity index (χ1) is 15.7. The van der Waals surface area contributed by atoms with E-state index >= 15 is 0 Å². The Morgan fingerprint density at radius 2 is 1.91 bits per heavy atom. The van der Waals surface area contributed by atoms with Gasteiger partial charge < -0.3 is 19.2 Å². The standard InChI is InChI=1S/C26H33NO5/c28-22(25-21(10-11-27-25)18-5-2-1-3-6-18)14-17-8-9-23-19(13-17)15-24(32-23)26(29)31-16-20-7-4-12-30-20/h8-9,13,15,18,20-21,25,27H,1-7,10-12,14,16H2/t20-,21-,25-/m0/s1. The van der Waals surface area contributed by atoms with Crippen LogP contribution < -0.4 is 5.32 Å². The van der Waals surface area contributed by atoms with Gasteiger partial charge in [0.15, 0.2) is 5.78 Å². The molecule has 32 heavy (non-hydrogen) atoms. The number of rotatable bonds is 7. The van der Waals surface area contributed by atoms with Crippen molar-refractivity contribution in [2.24, 2.45) is 11.8 Å². The van der Waals surface area contributed by atoms with E-state index in [2.05, 4.69) is 5.32 Å². The van der Waals surface area contributed by atoms with E-state index in [0.717, 1.165) is 43.4 Å². The van der Waals surface area contributed by atoms with Crippen molar-refractivity contribution in [1.82, 2.24) is 5.32 Å². The maximum absolute atomic E-state index is 13.2. The first-order valence-electron chi connectivity index (χ1n) is 12.2. The predicted octanol–water partition coefficient (Wildman–Crippen LogP) is 4.44. The van der Waals surface area contributed by atoms with Crippen LogP contribution in [0.25, 0.3) is 11.0 Å². The Hall–Kier alpha value is -2.18. The number of Topliss-reactive ketones (excluding diaryl/α,β-unsaturated/α-hetero) is 1. The van der Waals surface area contributed by atoms with E-state index in [1.165, 1.54) is 32.1 Å². The van der Waals surface area contributed by atoms with Gasteiger partial charge in [0, 0.05) is 18.4 Å². The van der Waals surface area contributed by atoms with Crippen LogP contribution in [0.1, 0.15) is 67.5 Å². The second-order valence-corrected chi connectivity index (χ2v) is 9.64. The number of ether oxygens (including phenoxy) is 2. The predicted molar refractivity (Wildman–Crippen MR) is 121 cm³/mol. The monoisotopic (exact) mass is 439 g/mol. The van der Waals surface area contributed by atoms with Crippen LogP contribution in [-0.4, -0.2) is 43.7 Å². The Bertz CT molecular complexity index is 954. The molecule has 0 radical (unpaired) electrons. The fourth-order valence-electron chi connectivity index (χ4n) is 5.78. The lowest BCUT2D eigenvalue weighted by Crippen LogP contribution is -2.40. The highest BCUT2D eigenvalue weighted by Gasteiger charge is 2.37. The van der Waals surface area contributed by atoms with Crippen LogP contribution in [0.3, 0.4) is 0 Å². The number of hydrogen-bond donors (Lipinski definition) is 1. The minimum absolute atomic E-state index is 0.0115. The summed E-state index contributed by atoms with van der Waals surface area (Å²) in [5.41, 5.74) is 1.59. The molecule has 3 heterocycles. The topological polar surface area (TPSA) is 77.8 Å². The molecule has 2 aliphatic heterocycles. The van der Waals surface area contributed by atoms with Crippen LogP contribution in [0.5, 0.6) is 0 Å². The smallest absolute Gasteiger partial charge is 0.374 e. The molecule has 1 aromatic heterocycles. The summed E-state index contributed by atoms with van der Waals surface area (Å²) < 4.78 is 16.5. The van der Waals surface area contributed by atoms with E-state index < -0.39 is 5.97 Å². The fraction of sp³-hybridized carbons (Fsp3) is 0.615. The van der Waals surface area contributed by atoms with Crippen LogP contribution in [0.15, 0.2) is 28.7 Å². The SMILES string of the molecule is O=C(OC[C@@H]1CCCO1)c1cc2cc(CC(=O)[C@H]3NCC[C@H]3C3CCCCC3)ccc2o1. The molecule has 3 fully saturated rings. The normalized spacial score (nSPS) is 26.6. The second-order valence-electron chi connectivity index (χ2n) is 9.64. The van der Waals surface area contributed by atoms with Gasteiger partial charge in [-0.1, -0.05) is 38.2 Å². The summed E-state index contributed by atoms with van der Waals surface area (Å²) in [6.07, 6.45) is 9.90. The number of hydrogen-bond acceptors (Lipinski definition) is 6. The van der Waals surface area contributed by atoms with Crippen molar-refractivity contribution in [2.75, 3.05) is 19.8 Å². The van der Waals surface area contributed by atoms with Crippen molar-refractivity contribution >= 4 is 22.7 Å². The highest BCUT2D eigenvalue weighted by Crippen LogP contribution is 2.36. The molecule has 1 aliphatic carbocycles. The molecule has 0 bridgehead atoms. The highest BCUT2D eigenvalue weighted by atomic mass is 16.6. The molecular weight excluding hydrogens is 406 g/mol. The van der Waals surface area contributed by atoms with E-state index in [1.807, 2.05) is 18.2 Å². The molecule has 0 spiro atoms. The lowest BCUT2D eigenvalue weighted by atomic mass is 9.75. The summed E-state index contributed by atoms with van der Waals surface area (Å²) in [6, 6.07) is 7.41. The van der Waals surface area contributed by atoms with E-state index in [9.17, 15) is 9.59 Å². The molecule has 2 saturated heterocycles. The number of furan rings is 1. The molecule has 6 nitrogen and oxygen atoms in total. The summed E-state index contributed by atoms with van der Waals surface area (Å²) in [5.74, 6) is 1.16. The first kappa shape index (κ1) is 21.7. The largest absolute Gasteiger partial charge is 0.457 e. The van der Waals surface area contributed by atoms with Gasteiger partial charge in [0.25, 0.3) is 0 Å². The number of carbonyl (C=O) groups is 2. The average Bonchev–Trinajstić information content (AvgIpc) is 3.58. The van der Waals surface area contributed by atoms with E-state index in [4.69, 9.17) is 13.9 Å². The zero-order valence-electron chi connectivity index (χ0n) is 18.6. The number of nitrogens with one attached hydrogen (secondary N) is 1. The fourth-order valence-corrected chi connectivity index (χ4v) is 5.78. The summed E-state index contributed by atoms with van der Waals surface area (Å²) in [7, 11) is 0. The molecule has 0 amide bonds. The van der Waals surface area contributed by atoms with Gasteiger partial charge in [0.2, 0.25) is 5.76 Å². The summed E-state index contributed by atoms with van der Waals surface area (Å²) in [4.78, 5) is 25.5. The molecule has 3 atom stereocenters. The Kier molecular flexibility index (Phi) is 6.60. The van der Waals surface area contributed by atoms with Gasteiger partial charge in [-0.2, -0.15) is 0 Å². The highest BCUT2D eigenvalue weighted by molar-refractivity contribution is 5.93. The van der Waals surface area contributed by atoms with Crippen molar-refractivity contribution in [3.05, 3.63) is 35.6 Å². The van der Waals surface area contributed by atoms with E-state index in [-0.39, 0.29) is 30.3 Å². The van der Waals surface area contributed by atoms with E-state index in [1.54, 1.807) is 6.07 Å². The zero-order valence-corrected chi connectivity index (χ0v) is 18.6. The number of esters is 1. The number of carbonyl (C=O) groups excluding carboxylic acids is 2. The van der Waals surface area contributed by atoms with Crippen LogP contribution in [0, 0.1) is 11.8 Å². The Labute approximate surface area is 189 Å². The third-order valence-electron chi connectivity index (χ3n) is 7.46. The first-order valence-corrected chi connectivity index (χ1v) is 12.2. The molecule has 2 aromatic rings. The second kappa shape index (κ2) is 9.75. The van der Waals surface area contributed by atoms with Crippen LogP contribution in [0.2, 0.25) is 0 Å². The van der Waals surface area contributed by atoms with Crippen molar-refractivity contribution in [1.29, 1.82) is 0 Å². The number of benzene rings is 1. The molecule has 172 valence electrons. The summed E-state index contributed by atoms with van der Waals surface area (Å²) >= 11 is 0. The van der Waals surface area contributed by atoms with Gasteiger partial charge in [0.05, 0.1) is 12.1 Å². The molecule has 5 rings (SSSR count). The van der Waals surface area contributed by atoms with Crippen molar-refractivity contribution < 1.29 is 23.5 Å². The maximum Gasteiger partial charge on any atom is 0.374 e. The third kappa shape index (κ3) is 4.76. The maximum atomic E-state index is 13.2. The van der Waals surface area contributed by atoms with Crippen molar-refractivity contribution in [3.63, 3.8) is 0 Å². The Morgan fingerprint density at radius 3 is 2.72 bits per heavy atom. The van der Waals surface area contributed by atoms with Crippen LogP contribution >= 0.6 is 0 Å².